The van der Waals surface area contributed by atoms with E-state index in [9.17, 15) is 29.1 Å². The summed E-state index contributed by atoms with van der Waals surface area (Å²) in [6.45, 7) is 3.40. The Morgan fingerprint density at radius 2 is 1.45 bits per heavy atom. The molecule has 4 unspecified atom stereocenters. The monoisotopic (exact) mass is 579 g/mol. The average Bonchev–Trinajstić information content (AvgIpc) is 3.36. The van der Waals surface area contributed by atoms with Crippen LogP contribution >= 0.6 is 0 Å². The quantitative estimate of drug-likeness (QED) is 0.140. The molecule has 3 rings (SSSR count). The van der Waals surface area contributed by atoms with Gasteiger partial charge in [-0.2, -0.15) is 0 Å². The molecule has 8 N–H and O–H groups in total. The van der Waals surface area contributed by atoms with Gasteiger partial charge in [0.15, 0.2) is 0 Å². The summed E-state index contributed by atoms with van der Waals surface area (Å²) in [6.07, 6.45) is 1.36. The van der Waals surface area contributed by atoms with Gasteiger partial charge in [0.2, 0.25) is 17.7 Å². The number of hydrogen-bond acceptors (Lipinski definition) is 6. The molecule has 0 saturated heterocycles. The number of aliphatic carboxylic acids is 2. The number of nitrogens with two attached hydrogens (primary N) is 1. The molecule has 224 valence electrons. The highest BCUT2D eigenvalue weighted by atomic mass is 16.4. The van der Waals surface area contributed by atoms with Crippen LogP contribution in [0.15, 0.2) is 60.8 Å². The van der Waals surface area contributed by atoms with E-state index in [1.165, 1.54) is 0 Å². The number of H-pyrrole nitrogens is 1. The van der Waals surface area contributed by atoms with Crippen molar-refractivity contribution in [2.24, 2.45) is 11.7 Å². The standard InChI is InChI=1S/C30H37N5O7/c1-17(2)26(29(40)34-24(30(41)42)15-19-16-32-22-11-7-6-10-20(19)22)35-28(39)23(14-18-8-4-3-5-9-18)33-27(38)21(31)12-13-25(36)37/h3-11,16-17,21,23-24,26,32H,12-15,31H2,1-2H3,(H,33,38)(H,34,40)(H,35,39)(H,36,37)(H,41,42). The fourth-order valence-electron chi connectivity index (χ4n) is 4.52. The van der Waals surface area contributed by atoms with E-state index in [1.807, 2.05) is 24.3 Å². The van der Waals surface area contributed by atoms with Gasteiger partial charge in [-0.15, -0.1) is 0 Å². The first kappa shape index (κ1) is 31.8. The van der Waals surface area contributed by atoms with Crippen molar-refractivity contribution >= 4 is 40.6 Å². The Morgan fingerprint density at radius 1 is 0.810 bits per heavy atom. The summed E-state index contributed by atoms with van der Waals surface area (Å²) in [6, 6.07) is 11.6. The second kappa shape index (κ2) is 14.8. The molecule has 0 aliphatic rings. The van der Waals surface area contributed by atoms with E-state index in [4.69, 9.17) is 10.8 Å². The van der Waals surface area contributed by atoms with Gasteiger partial charge in [0.25, 0.3) is 0 Å². The first-order valence-corrected chi connectivity index (χ1v) is 13.7. The Bertz CT molecular complexity index is 1410. The van der Waals surface area contributed by atoms with Crippen molar-refractivity contribution in [2.75, 3.05) is 0 Å². The molecule has 0 aliphatic carbocycles. The molecule has 0 spiro atoms. The van der Waals surface area contributed by atoms with Crippen molar-refractivity contribution in [2.45, 2.75) is 63.7 Å². The molecular weight excluding hydrogens is 542 g/mol. The normalized spacial score (nSPS) is 14.0. The predicted octanol–water partition coefficient (Wildman–Crippen LogP) is 1.34. The van der Waals surface area contributed by atoms with E-state index in [0.29, 0.717) is 5.56 Å². The summed E-state index contributed by atoms with van der Waals surface area (Å²) >= 11 is 0. The molecule has 3 amide bonds. The van der Waals surface area contributed by atoms with Gasteiger partial charge >= 0.3 is 11.9 Å². The summed E-state index contributed by atoms with van der Waals surface area (Å²) in [5.41, 5.74) is 8.13. The van der Waals surface area contributed by atoms with Crippen molar-refractivity contribution in [3.05, 3.63) is 71.9 Å². The smallest absolute Gasteiger partial charge is 0.326 e. The lowest BCUT2D eigenvalue weighted by Crippen LogP contribution is -2.59. The largest absolute Gasteiger partial charge is 0.481 e. The summed E-state index contributed by atoms with van der Waals surface area (Å²) in [5, 5.41) is 27.4. The average molecular weight is 580 g/mol. The lowest BCUT2D eigenvalue weighted by molar-refractivity contribution is -0.142. The Kier molecular flexibility index (Phi) is 11.2. The Hall–Kier alpha value is -4.71. The molecule has 0 bridgehead atoms. The van der Waals surface area contributed by atoms with Gasteiger partial charge in [0.1, 0.15) is 18.1 Å². The molecular formula is C30H37N5O7. The molecule has 2 aromatic carbocycles. The number of amides is 3. The van der Waals surface area contributed by atoms with Gasteiger partial charge in [-0.1, -0.05) is 62.4 Å². The molecule has 0 aliphatic heterocycles. The van der Waals surface area contributed by atoms with Crippen molar-refractivity contribution in [3.63, 3.8) is 0 Å². The number of para-hydroxylation sites is 1. The van der Waals surface area contributed by atoms with Gasteiger partial charge < -0.3 is 36.9 Å². The van der Waals surface area contributed by atoms with Gasteiger partial charge in [-0.05, 0) is 29.5 Å². The fourth-order valence-corrected chi connectivity index (χ4v) is 4.52. The van der Waals surface area contributed by atoms with Gasteiger partial charge in [-0.25, -0.2) is 4.79 Å². The SMILES string of the molecule is CC(C)C(NC(=O)C(Cc1ccccc1)NC(=O)C(N)CCC(=O)O)C(=O)NC(Cc1c[nH]c2ccccc12)C(=O)O. The number of carbonyl (C=O) groups excluding carboxylic acids is 3. The van der Waals surface area contributed by atoms with E-state index in [0.717, 1.165) is 16.5 Å². The number of aromatic nitrogens is 1. The number of carbonyl (C=O) groups is 5. The number of hydrogen-bond donors (Lipinski definition) is 7. The first-order chi connectivity index (χ1) is 20.0. The number of benzene rings is 2. The van der Waals surface area contributed by atoms with E-state index < -0.39 is 59.7 Å². The van der Waals surface area contributed by atoms with Crippen LogP contribution in [0.2, 0.25) is 0 Å². The molecule has 1 heterocycles. The minimum Gasteiger partial charge on any atom is -0.481 e. The number of nitrogens with one attached hydrogen (secondary N) is 4. The van der Waals surface area contributed by atoms with E-state index >= 15 is 0 Å². The van der Waals surface area contributed by atoms with Crippen LogP contribution in [0.5, 0.6) is 0 Å². The highest BCUT2D eigenvalue weighted by Gasteiger charge is 2.32. The first-order valence-electron chi connectivity index (χ1n) is 13.7. The van der Waals surface area contributed by atoms with Crippen LogP contribution in [0.1, 0.15) is 37.8 Å². The lowest BCUT2D eigenvalue weighted by Gasteiger charge is -2.27. The third-order valence-electron chi connectivity index (χ3n) is 6.88. The van der Waals surface area contributed by atoms with Crippen molar-refractivity contribution < 1.29 is 34.2 Å². The number of carboxylic acid groups (broad SMARTS) is 2. The summed E-state index contributed by atoms with van der Waals surface area (Å²) in [7, 11) is 0. The second-order valence-electron chi connectivity index (χ2n) is 10.5. The topological polar surface area (TPSA) is 204 Å². The fraction of sp³-hybridized carbons (Fsp3) is 0.367. The molecule has 0 saturated carbocycles. The molecule has 1 aromatic heterocycles. The van der Waals surface area contributed by atoms with Crippen molar-refractivity contribution in [1.29, 1.82) is 0 Å². The second-order valence-corrected chi connectivity index (χ2v) is 10.5. The van der Waals surface area contributed by atoms with Crippen LogP contribution in [0, 0.1) is 5.92 Å². The van der Waals surface area contributed by atoms with E-state index in [-0.39, 0.29) is 25.7 Å². The summed E-state index contributed by atoms with van der Waals surface area (Å²) in [4.78, 5) is 65.6. The van der Waals surface area contributed by atoms with E-state index in [2.05, 4.69) is 20.9 Å². The Morgan fingerprint density at radius 3 is 2.10 bits per heavy atom. The lowest BCUT2D eigenvalue weighted by atomic mass is 9.99. The van der Waals surface area contributed by atoms with Crippen LogP contribution in [0.3, 0.4) is 0 Å². The molecule has 0 fully saturated rings. The van der Waals surface area contributed by atoms with E-state index in [1.54, 1.807) is 50.4 Å². The zero-order valence-electron chi connectivity index (χ0n) is 23.5. The molecule has 3 aromatic rings. The molecule has 12 nitrogen and oxygen atoms in total. The molecule has 4 atom stereocenters. The minimum atomic E-state index is -1.26. The van der Waals surface area contributed by atoms with Crippen LogP contribution in [0.4, 0.5) is 0 Å². The number of aromatic amines is 1. The maximum atomic E-state index is 13.5. The summed E-state index contributed by atoms with van der Waals surface area (Å²) < 4.78 is 0. The third kappa shape index (κ3) is 8.90. The Labute approximate surface area is 243 Å². The number of carboxylic acids is 2. The van der Waals surface area contributed by atoms with Gasteiger partial charge in [0.05, 0.1) is 6.04 Å². The van der Waals surface area contributed by atoms with Gasteiger partial charge in [0, 0.05) is 36.4 Å². The van der Waals surface area contributed by atoms with Crippen molar-refractivity contribution in [1.82, 2.24) is 20.9 Å². The highest BCUT2D eigenvalue weighted by molar-refractivity contribution is 5.94. The number of fused-ring (bicyclic) bond motifs is 1. The maximum absolute atomic E-state index is 13.5. The zero-order chi connectivity index (χ0) is 30.8. The van der Waals surface area contributed by atoms with Crippen LogP contribution in [0.25, 0.3) is 10.9 Å². The maximum Gasteiger partial charge on any atom is 0.326 e. The van der Waals surface area contributed by atoms with Crippen LogP contribution < -0.4 is 21.7 Å². The van der Waals surface area contributed by atoms with Crippen molar-refractivity contribution in [3.8, 4) is 0 Å². The van der Waals surface area contributed by atoms with Crippen LogP contribution in [-0.4, -0.2) is 69.0 Å². The van der Waals surface area contributed by atoms with Gasteiger partial charge in [-0.3, -0.25) is 19.2 Å². The highest BCUT2D eigenvalue weighted by Crippen LogP contribution is 2.19. The third-order valence-corrected chi connectivity index (χ3v) is 6.88. The van der Waals surface area contributed by atoms with Crippen LogP contribution in [-0.2, 0) is 36.8 Å². The predicted molar refractivity (Wildman–Crippen MR) is 155 cm³/mol. The minimum absolute atomic E-state index is 0.0186. The molecule has 12 heteroatoms. The molecule has 0 radical (unpaired) electrons. The molecule has 42 heavy (non-hydrogen) atoms. The number of rotatable bonds is 15. The summed E-state index contributed by atoms with van der Waals surface area (Å²) in [5.74, 6) is -4.83. The Balaban J connectivity index is 1.75. The zero-order valence-corrected chi connectivity index (χ0v) is 23.5.